The molecule has 1 fully saturated rings. The average Bonchev–Trinajstić information content (AvgIpc) is 2.81. The van der Waals surface area contributed by atoms with Crippen LogP contribution in [0.3, 0.4) is 0 Å². The fraction of sp³-hybridized carbons (Fsp3) is 0.474. The van der Waals surface area contributed by atoms with E-state index in [1.807, 2.05) is 6.08 Å². The SMILES string of the molecule is C=CCn1cc2c3c(cccc31)[C@H]1C[C@@H](C)CN(C)[C@H]1C2. The largest absolute Gasteiger partial charge is 0.343 e. The van der Waals surface area contributed by atoms with E-state index in [4.69, 9.17) is 0 Å². The lowest BCUT2D eigenvalue weighted by Gasteiger charge is -2.44. The zero-order valence-electron chi connectivity index (χ0n) is 13.0. The molecule has 4 rings (SSSR count). The summed E-state index contributed by atoms with van der Waals surface area (Å²) >= 11 is 0. The van der Waals surface area contributed by atoms with Crippen molar-refractivity contribution in [2.24, 2.45) is 5.92 Å². The molecule has 1 aromatic carbocycles. The van der Waals surface area contributed by atoms with E-state index in [9.17, 15) is 0 Å². The van der Waals surface area contributed by atoms with Crippen LogP contribution in [0.25, 0.3) is 10.9 Å². The van der Waals surface area contributed by atoms with Crippen molar-refractivity contribution >= 4 is 10.9 Å². The van der Waals surface area contributed by atoms with Crippen molar-refractivity contribution in [3.05, 3.63) is 48.2 Å². The third kappa shape index (κ3) is 1.89. The van der Waals surface area contributed by atoms with Crippen LogP contribution in [0.1, 0.15) is 30.4 Å². The lowest BCUT2D eigenvalue weighted by atomic mass is 9.73. The smallest absolute Gasteiger partial charge is 0.0489 e. The molecule has 3 atom stereocenters. The Hall–Kier alpha value is -1.54. The first-order valence-corrected chi connectivity index (χ1v) is 8.10. The standard InChI is InChI=1S/C19H24N2/c1-4-8-21-12-14-10-18-16(9-13(2)11-20(18)3)15-6-5-7-17(21)19(14)15/h4-7,12-13,16,18H,1,8-11H2,2-3H3/t13-,16-,18+/m1/s1. The molecular weight excluding hydrogens is 256 g/mol. The fourth-order valence-corrected chi connectivity index (χ4v) is 4.68. The molecule has 2 heteroatoms. The van der Waals surface area contributed by atoms with Gasteiger partial charge in [-0.15, -0.1) is 6.58 Å². The zero-order chi connectivity index (χ0) is 14.6. The summed E-state index contributed by atoms with van der Waals surface area (Å²) in [5, 5.41) is 1.53. The summed E-state index contributed by atoms with van der Waals surface area (Å²) in [5.74, 6) is 1.50. The van der Waals surface area contributed by atoms with Gasteiger partial charge in [-0.2, -0.15) is 0 Å². The lowest BCUT2D eigenvalue weighted by molar-refractivity contribution is 0.119. The summed E-state index contributed by atoms with van der Waals surface area (Å²) in [4.78, 5) is 2.59. The van der Waals surface area contributed by atoms with Gasteiger partial charge in [-0.3, -0.25) is 0 Å². The minimum absolute atomic E-state index is 0.680. The Balaban J connectivity index is 1.90. The highest BCUT2D eigenvalue weighted by Crippen LogP contribution is 2.44. The first-order valence-electron chi connectivity index (χ1n) is 8.10. The number of aromatic nitrogens is 1. The predicted molar refractivity (Wildman–Crippen MR) is 88.8 cm³/mol. The van der Waals surface area contributed by atoms with Gasteiger partial charge in [-0.25, -0.2) is 0 Å². The highest BCUT2D eigenvalue weighted by atomic mass is 15.1. The second-order valence-corrected chi connectivity index (χ2v) is 7.00. The number of benzene rings is 1. The first kappa shape index (κ1) is 13.1. The van der Waals surface area contributed by atoms with Gasteiger partial charge >= 0.3 is 0 Å². The molecule has 1 saturated heterocycles. The summed E-state index contributed by atoms with van der Waals surface area (Å²) in [7, 11) is 2.30. The summed E-state index contributed by atoms with van der Waals surface area (Å²) in [6, 6.07) is 7.55. The summed E-state index contributed by atoms with van der Waals surface area (Å²) < 4.78 is 2.36. The molecular formula is C19H24N2. The van der Waals surface area contributed by atoms with Crippen LogP contribution in [0, 0.1) is 5.92 Å². The Bertz CT molecular complexity index is 697. The van der Waals surface area contributed by atoms with Crippen molar-refractivity contribution in [3.63, 3.8) is 0 Å². The van der Waals surface area contributed by atoms with Crippen LogP contribution in [0.5, 0.6) is 0 Å². The number of nitrogens with zero attached hydrogens (tertiary/aromatic N) is 2. The van der Waals surface area contributed by atoms with Crippen molar-refractivity contribution in [1.82, 2.24) is 9.47 Å². The summed E-state index contributed by atoms with van der Waals surface area (Å²) in [6.07, 6.45) is 6.89. The van der Waals surface area contributed by atoms with Gasteiger partial charge in [-0.05, 0) is 43.0 Å². The van der Waals surface area contributed by atoms with E-state index in [1.54, 1.807) is 5.56 Å². The highest BCUT2D eigenvalue weighted by molar-refractivity contribution is 5.89. The van der Waals surface area contributed by atoms with Crippen LogP contribution in [0.4, 0.5) is 0 Å². The van der Waals surface area contributed by atoms with E-state index in [2.05, 4.69) is 54.4 Å². The topological polar surface area (TPSA) is 8.17 Å². The van der Waals surface area contributed by atoms with Crippen LogP contribution >= 0.6 is 0 Å². The van der Waals surface area contributed by atoms with Gasteiger partial charge < -0.3 is 9.47 Å². The summed E-state index contributed by atoms with van der Waals surface area (Å²) in [5.41, 5.74) is 4.51. The Morgan fingerprint density at radius 1 is 1.38 bits per heavy atom. The van der Waals surface area contributed by atoms with Crippen LogP contribution in [-0.2, 0) is 13.0 Å². The number of allylic oxidation sites excluding steroid dienone is 1. The molecule has 1 aromatic heterocycles. The van der Waals surface area contributed by atoms with Crippen LogP contribution in [0.2, 0.25) is 0 Å². The van der Waals surface area contributed by atoms with E-state index in [0.29, 0.717) is 12.0 Å². The lowest BCUT2D eigenvalue weighted by Crippen LogP contribution is -2.47. The molecule has 0 N–H and O–H groups in total. The number of hydrogen-bond acceptors (Lipinski definition) is 1. The number of piperidine rings is 1. The molecule has 0 saturated carbocycles. The van der Waals surface area contributed by atoms with Crippen molar-refractivity contribution in [3.8, 4) is 0 Å². The fourth-order valence-electron chi connectivity index (χ4n) is 4.68. The van der Waals surface area contributed by atoms with Gasteiger partial charge in [0.15, 0.2) is 0 Å². The van der Waals surface area contributed by atoms with E-state index in [0.717, 1.165) is 12.5 Å². The zero-order valence-corrected chi connectivity index (χ0v) is 13.0. The molecule has 21 heavy (non-hydrogen) atoms. The molecule has 2 aromatic rings. The minimum atomic E-state index is 0.680. The van der Waals surface area contributed by atoms with Gasteiger partial charge in [0.25, 0.3) is 0 Å². The Labute approximate surface area is 127 Å². The predicted octanol–water partition coefficient (Wildman–Crippen LogP) is 3.81. The molecule has 0 bridgehead atoms. The van der Waals surface area contributed by atoms with Gasteiger partial charge in [0, 0.05) is 42.1 Å². The molecule has 0 unspecified atom stereocenters. The molecule has 1 aliphatic carbocycles. The number of fused-ring (bicyclic) bond motifs is 2. The highest BCUT2D eigenvalue weighted by Gasteiger charge is 2.38. The second kappa shape index (κ2) is 4.74. The quantitative estimate of drug-likeness (QED) is 0.760. The van der Waals surface area contributed by atoms with Crippen LogP contribution < -0.4 is 0 Å². The number of rotatable bonds is 2. The van der Waals surface area contributed by atoms with Gasteiger partial charge in [0.2, 0.25) is 0 Å². The van der Waals surface area contributed by atoms with Crippen LogP contribution in [0.15, 0.2) is 37.1 Å². The third-order valence-electron chi connectivity index (χ3n) is 5.46. The third-order valence-corrected chi connectivity index (χ3v) is 5.46. The molecule has 0 radical (unpaired) electrons. The van der Waals surface area contributed by atoms with Crippen molar-refractivity contribution in [2.45, 2.75) is 38.3 Å². The van der Waals surface area contributed by atoms with Gasteiger partial charge in [-0.1, -0.05) is 25.1 Å². The molecule has 2 heterocycles. The molecule has 2 nitrogen and oxygen atoms in total. The van der Waals surface area contributed by atoms with Crippen molar-refractivity contribution in [2.75, 3.05) is 13.6 Å². The monoisotopic (exact) mass is 280 g/mol. The summed E-state index contributed by atoms with van der Waals surface area (Å²) in [6.45, 7) is 8.44. The van der Waals surface area contributed by atoms with Crippen LogP contribution in [-0.4, -0.2) is 29.1 Å². The van der Waals surface area contributed by atoms with Crippen molar-refractivity contribution in [1.29, 1.82) is 0 Å². The molecule has 1 aliphatic heterocycles. The number of hydrogen-bond donors (Lipinski definition) is 0. The van der Waals surface area contributed by atoms with Crippen molar-refractivity contribution < 1.29 is 0 Å². The normalized spacial score (nSPS) is 28.6. The van der Waals surface area contributed by atoms with Gasteiger partial charge in [0.05, 0.1) is 0 Å². The van der Waals surface area contributed by atoms with E-state index in [1.165, 1.54) is 35.9 Å². The maximum absolute atomic E-state index is 3.90. The second-order valence-electron chi connectivity index (χ2n) is 7.00. The van der Waals surface area contributed by atoms with E-state index >= 15 is 0 Å². The maximum Gasteiger partial charge on any atom is 0.0489 e. The number of likely N-dealkylation sites (N-methyl/N-ethyl adjacent to an activating group) is 1. The van der Waals surface area contributed by atoms with E-state index < -0.39 is 0 Å². The number of likely N-dealkylation sites (tertiary alicyclic amines) is 1. The Kier molecular flexibility index (Phi) is 2.97. The minimum Gasteiger partial charge on any atom is -0.343 e. The average molecular weight is 280 g/mol. The Morgan fingerprint density at radius 3 is 3.05 bits per heavy atom. The van der Waals surface area contributed by atoms with E-state index in [-0.39, 0.29) is 0 Å². The maximum atomic E-state index is 3.90. The molecule has 0 amide bonds. The molecule has 2 aliphatic rings. The Morgan fingerprint density at radius 2 is 2.24 bits per heavy atom. The van der Waals surface area contributed by atoms with Gasteiger partial charge in [0.1, 0.15) is 0 Å². The molecule has 110 valence electrons. The molecule has 0 spiro atoms. The first-order chi connectivity index (χ1) is 10.2.